The maximum atomic E-state index is 4.96. The van der Waals surface area contributed by atoms with Gasteiger partial charge in [0.1, 0.15) is 0 Å². The Labute approximate surface area is 90.7 Å². The molecule has 0 saturated carbocycles. The van der Waals surface area contributed by atoms with Crippen LogP contribution in [0.4, 0.5) is 0 Å². The minimum Gasteiger partial charge on any atom is -0.383 e. The summed E-state index contributed by atoms with van der Waals surface area (Å²) in [5.74, 6) is 1.87. The molecule has 1 aliphatic rings. The average molecular weight is 216 g/mol. The van der Waals surface area contributed by atoms with E-state index in [0.29, 0.717) is 18.6 Å². The van der Waals surface area contributed by atoms with Gasteiger partial charge in [-0.15, -0.1) is 0 Å². The van der Waals surface area contributed by atoms with Crippen molar-refractivity contribution >= 4 is 16.9 Å². The first-order valence-electron chi connectivity index (χ1n) is 5.16. The van der Waals surface area contributed by atoms with E-state index in [1.807, 2.05) is 11.8 Å². The van der Waals surface area contributed by atoms with Gasteiger partial charge in [0, 0.05) is 18.9 Å². The maximum absolute atomic E-state index is 4.96. The van der Waals surface area contributed by atoms with Crippen LogP contribution in [0.3, 0.4) is 0 Å². The minimum atomic E-state index is 0.595. The second-order valence-electron chi connectivity index (χ2n) is 3.81. The predicted octanol–water partition coefficient (Wildman–Crippen LogP) is 1.74. The van der Waals surface area contributed by atoms with Crippen LogP contribution in [0.1, 0.15) is 20.3 Å². The summed E-state index contributed by atoms with van der Waals surface area (Å²) in [6, 6.07) is 0.595. The number of amidine groups is 1. The molecule has 3 nitrogen and oxygen atoms in total. The van der Waals surface area contributed by atoms with Gasteiger partial charge in [0.15, 0.2) is 5.17 Å². The van der Waals surface area contributed by atoms with Gasteiger partial charge >= 0.3 is 0 Å². The van der Waals surface area contributed by atoms with Crippen molar-refractivity contribution in [2.24, 2.45) is 10.9 Å². The molecule has 0 aliphatic carbocycles. The minimum absolute atomic E-state index is 0.595. The summed E-state index contributed by atoms with van der Waals surface area (Å²) in [5, 5.41) is 4.56. The Bertz CT molecular complexity index is 195. The summed E-state index contributed by atoms with van der Waals surface area (Å²) in [7, 11) is 1.71. The Morgan fingerprint density at radius 2 is 2.43 bits per heavy atom. The van der Waals surface area contributed by atoms with Crippen LogP contribution in [0.25, 0.3) is 0 Å². The lowest BCUT2D eigenvalue weighted by Crippen LogP contribution is -2.41. The van der Waals surface area contributed by atoms with Crippen molar-refractivity contribution in [1.82, 2.24) is 5.32 Å². The van der Waals surface area contributed by atoms with Gasteiger partial charge in [0.2, 0.25) is 0 Å². The van der Waals surface area contributed by atoms with Crippen molar-refractivity contribution in [1.29, 1.82) is 0 Å². The van der Waals surface area contributed by atoms with E-state index >= 15 is 0 Å². The van der Waals surface area contributed by atoms with Crippen LogP contribution in [0.5, 0.6) is 0 Å². The van der Waals surface area contributed by atoms with Crippen LogP contribution in [0, 0.1) is 5.92 Å². The van der Waals surface area contributed by atoms with Gasteiger partial charge in [-0.05, 0) is 12.3 Å². The van der Waals surface area contributed by atoms with Crippen LogP contribution >= 0.6 is 11.8 Å². The molecule has 1 heterocycles. The lowest BCUT2D eigenvalue weighted by atomic mass is 10.0. The van der Waals surface area contributed by atoms with Crippen molar-refractivity contribution < 1.29 is 4.74 Å². The Hall–Kier alpha value is -0.220. The number of ether oxygens (including phenoxy) is 1. The van der Waals surface area contributed by atoms with Gasteiger partial charge in [0.25, 0.3) is 0 Å². The van der Waals surface area contributed by atoms with Crippen molar-refractivity contribution in [3.8, 4) is 0 Å². The third-order valence-corrected chi connectivity index (χ3v) is 3.29. The third-order valence-electron chi connectivity index (χ3n) is 2.33. The molecule has 1 rings (SSSR count). The summed E-state index contributed by atoms with van der Waals surface area (Å²) in [6.45, 7) is 5.97. The van der Waals surface area contributed by atoms with E-state index in [4.69, 9.17) is 4.74 Å². The molecule has 82 valence electrons. The highest BCUT2D eigenvalue weighted by Gasteiger charge is 2.19. The molecule has 1 unspecified atom stereocenters. The van der Waals surface area contributed by atoms with Gasteiger partial charge in [0.05, 0.1) is 13.2 Å². The molecule has 1 fully saturated rings. The summed E-state index contributed by atoms with van der Waals surface area (Å²) in [6.07, 6.45) is 1.24. The number of rotatable bonds is 4. The fraction of sp³-hybridized carbons (Fsp3) is 0.900. The van der Waals surface area contributed by atoms with Crippen LogP contribution in [0.15, 0.2) is 4.99 Å². The van der Waals surface area contributed by atoms with Gasteiger partial charge in [-0.3, -0.25) is 4.99 Å². The van der Waals surface area contributed by atoms with Crippen LogP contribution in [0.2, 0.25) is 0 Å². The summed E-state index contributed by atoms with van der Waals surface area (Å²) in [4.78, 5) is 4.45. The molecule has 1 aliphatic heterocycles. The number of hydrogen-bond acceptors (Lipinski definition) is 3. The molecule has 0 bridgehead atoms. The normalized spacial score (nSPS) is 25.4. The Morgan fingerprint density at radius 3 is 3.07 bits per heavy atom. The van der Waals surface area contributed by atoms with Gasteiger partial charge < -0.3 is 10.1 Å². The molecule has 0 aromatic carbocycles. The molecule has 1 atom stereocenters. The number of nitrogens with zero attached hydrogens (tertiary/aromatic N) is 1. The Balaban J connectivity index is 2.35. The van der Waals surface area contributed by atoms with E-state index in [1.54, 1.807) is 7.11 Å². The van der Waals surface area contributed by atoms with E-state index < -0.39 is 0 Å². The highest BCUT2D eigenvalue weighted by molar-refractivity contribution is 8.13. The first kappa shape index (κ1) is 11.9. The number of methoxy groups -OCH3 is 1. The van der Waals surface area contributed by atoms with E-state index in [9.17, 15) is 0 Å². The fourth-order valence-corrected chi connectivity index (χ4v) is 2.37. The Kier molecular flexibility index (Phi) is 5.33. The molecular weight excluding hydrogens is 196 g/mol. The zero-order valence-electron chi connectivity index (χ0n) is 9.25. The van der Waals surface area contributed by atoms with Crippen LogP contribution in [-0.2, 0) is 4.74 Å². The van der Waals surface area contributed by atoms with Gasteiger partial charge in [-0.25, -0.2) is 0 Å². The zero-order valence-corrected chi connectivity index (χ0v) is 10.1. The second kappa shape index (κ2) is 6.30. The molecule has 1 N–H and O–H groups in total. The first-order chi connectivity index (χ1) is 6.74. The molecule has 4 heteroatoms. The largest absolute Gasteiger partial charge is 0.383 e. The van der Waals surface area contributed by atoms with E-state index in [2.05, 4.69) is 24.2 Å². The van der Waals surface area contributed by atoms with Gasteiger partial charge in [-0.2, -0.15) is 0 Å². The highest BCUT2D eigenvalue weighted by Crippen LogP contribution is 2.18. The Morgan fingerprint density at radius 1 is 1.64 bits per heavy atom. The lowest BCUT2D eigenvalue weighted by molar-refractivity contribution is 0.208. The first-order valence-corrected chi connectivity index (χ1v) is 6.15. The number of thioether (sulfide) groups is 1. The van der Waals surface area contributed by atoms with Crippen molar-refractivity contribution in [2.75, 3.05) is 26.0 Å². The summed E-state index contributed by atoms with van der Waals surface area (Å²) >= 11 is 1.82. The van der Waals surface area contributed by atoms with E-state index in [1.165, 1.54) is 12.2 Å². The van der Waals surface area contributed by atoms with Gasteiger partial charge in [-0.1, -0.05) is 25.6 Å². The van der Waals surface area contributed by atoms with Crippen molar-refractivity contribution in [3.05, 3.63) is 0 Å². The summed E-state index contributed by atoms with van der Waals surface area (Å²) in [5.41, 5.74) is 0. The maximum Gasteiger partial charge on any atom is 0.156 e. The summed E-state index contributed by atoms with van der Waals surface area (Å²) < 4.78 is 4.96. The topological polar surface area (TPSA) is 33.6 Å². The standard InChI is InChI=1S/C10H20N2OS/c1-8(2)9-4-7-14-10(12-9)11-5-6-13-3/h8-9H,4-7H2,1-3H3,(H,11,12). The SMILES string of the molecule is COCCN=C1NC(C(C)C)CCS1. The number of hydrogen-bond donors (Lipinski definition) is 1. The number of aliphatic imine (C=N–C) groups is 1. The molecule has 1 saturated heterocycles. The molecule has 0 amide bonds. The number of nitrogens with one attached hydrogen (secondary N) is 1. The smallest absolute Gasteiger partial charge is 0.156 e. The predicted molar refractivity (Wildman–Crippen MR) is 63.0 cm³/mol. The van der Waals surface area contributed by atoms with Crippen molar-refractivity contribution in [3.63, 3.8) is 0 Å². The molecule has 0 aromatic rings. The van der Waals surface area contributed by atoms with Crippen molar-refractivity contribution in [2.45, 2.75) is 26.3 Å². The average Bonchev–Trinajstić information content (AvgIpc) is 2.19. The van der Waals surface area contributed by atoms with E-state index in [0.717, 1.165) is 11.7 Å². The second-order valence-corrected chi connectivity index (χ2v) is 4.90. The molecular formula is C10H20N2OS. The zero-order chi connectivity index (χ0) is 10.4. The molecule has 14 heavy (non-hydrogen) atoms. The highest BCUT2D eigenvalue weighted by atomic mass is 32.2. The van der Waals surface area contributed by atoms with E-state index in [-0.39, 0.29) is 0 Å². The van der Waals surface area contributed by atoms with Crippen LogP contribution in [-0.4, -0.2) is 37.2 Å². The quantitative estimate of drug-likeness (QED) is 0.727. The lowest BCUT2D eigenvalue weighted by Gasteiger charge is -2.28. The third kappa shape index (κ3) is 3.88. The van der Waals surface area contributed by atoms with Crippen LogP contribution < -0.4 is 5.32 Å². The molecule has 0 radical (unpaired) electrons. The molecule has 0 spiro atoms. The fourth-order valence-electron chi connectivity index (χ4n) is 1.38. The molecule has 0 aromatic heterocycles. The monoisotopic (exact) mass is 216 g/mol.